The third kappa shape index (κ3) is 3.15. The highest BCUT2D eigenvalue weighted by molar-refractivity contribution is 7.99. The Hall–Kier alpha value is -0.670. The summed E-state index contributed by atoms with van der Waals surface area (Å²) in [4.78, 5) is 1.26. The summed E-state index contributed by atoms with van der Waals surface area (Å²) in [5.74, 6) is 1.08. The van der Waals surface area contributed by atoms with Crippen LogP contribution in [-0.2, 0) is 0 Å². The lowest BCUT2D eigenvalue weighted by Gasteiger charge is -2.00. The van der Waals surface area contributed by atoms with Crippen LogP contribution in [0.2, 0.25) is 0 Å². The van der Waals surface area contributed by atoms with Gasteiger partial charge in [-0.05, 0) is 43.0 Å². The second-order valence-electron chi connectivity index (χ2n) is 2.56. The molecule has 0 fully saturated rings. The van der Waals surface area contributed by atoms with Crippen molar-refractivity contribution in [1.29, 1.82) is 0 Å². The van der Waals surface area contributed by atoms with Gasteiger partial charge in [0.15, 0.2) is 0 Å². The predicted octanol–water partition coefficient (Wildman–Crippen LogP) is 1.71. The zero-order valence-corrected chi connectivity index (χ0v) is 7.81. The quantitative estimate of drug-likeness (QED) is 0.423. The lowest BCUT2D eigenvalue weighted by atomic mass is 10.3. The smallest absolute Gasteiger partial charge is 0.0314 e. The molecule has 0 bridgehead atoms. The summed E-state index contributed by atoms with van der Waals surface area (Å²) in [7, 11) is 0. The van der Waals surface area contributed by atoms with Crippen molar-refractivity contribution in [3.05, 3.63) is 24.3 Å². The topological polar surface area (TPSA) is 52.0 Å². The van der Waals surface area contributed by atoms with Gasteiger partial charge in [-0.15, -0.1) is 11.8 Å². The van der Waals surface area contributed by atoms with Gasteiger partial charge in [0.2, 0.25) is 0 Å². The average Bonchev–Trinajstić information content (AvgIpc) is 2.09. The average molecular weight is 182 g/mol. The Morgan fingerprint density at radius 2 is 1.83 bits per heavy atom. The maximum atomic E-state index is 5.55. The number of nitrogen functional groups attached to an aromatic ring is 1. The van der Waals surface area contributed by atoms with Crippen LogP contribution in [0.15, 0.2) is 29.2 Å². The van der Waals surface area contributed by atoms with Crippen molar-refractivity contribution in [2.75, 3.05) is 18.0 Å². The molecule has 0 aromatic heterocycles. The Labute approximate surface area is 77.3 Å². The minimum absolute atomic E-state index is 0.766. The van der Waals surface area contributed by atoms with E-state index >= 15 is 0 Å². The van der Waals surface area contributed by atoms with E-state index in [-0.39, 0.29) is 0 Å². The normalized spacial score (nSPS) is 10.1. The number of nitrogens with two attached hydrogens (primary N) is 2. The first-order valence-corrected chi connectivity index (χ1v) is 5.00. The van der Waals surface area contributed by atoms with Crippen LogP contribution < -0.4 is 11.5 Å². The number of thioether (sulfide) groups is 1. The second kappa shape index (κ2) is 5.06. The fraction of sp³-hybridized carbons (Fsp3) is 0.333. The molecule has 0 saturated heterocycles. The molecule has 0 aliphatic carbocycles. The van der Waals surface area contributed by atoms with Crippen LogP contribution in [0.4, 0.5) is 5.69 Å². The van der Waals surface area contributed by atoms with Crippen molar-refractivity contribution >= 4 is 17.4 Å². The number of hydrogen-bond donors (Lipinski definition) is 2. The Bertz CT molecular complexity index is 220. The highest BCUT2D eigenvalue weighted by Crippen LogP contribution is 2.19. The molecule has 2 nitrogen and oxygen atoms in total. The molecule has 1 aromatic carbocycles. The number of benzene rings is 1. The number of hydrogen-bond acceptors (Lipinski definition) is 3. The van der Waals surface area contributed by atoms with Crippen LogP contribution in [0.25, 0.3) is 0 Å². The van der Waals surface area contributed by atoms with E-state index in [0.29, 0.717) is 0 Å². The maximum Gasteiger partial charge on any atom is 0.0314 e. The third-order valence-electron chi connectivity index (χ3n) is 1.50. The van der Waals surface area contributed by atoms with Crippen LogP contribution in [0.3, 0.4) is 0 Å². The lowest BCUT2D eigenvalue weighted by molar-refractivity contribution is 0.943. The first-order chi connectivity index (χ1) is 5.83. The molecule has 3 heteroatoms. The van der Waals surface area contributed by atoms with E-state index < -0.39 is 0 Å². The summed E-state index contributed by atoms with van der Waals surface area (Å²) in [5.41, 5.74) is 11.8. The molecule has 0 aliphatic heterocycles. The maximum absolute atomic E-state index is 5.55. The molecule has 4 N–H and O–H groups in total. The molecule has 1 aromatic rings. The van der Waals surface area contributed by atoms with Crippen molar-refractivity contribution in [1.82, 2.24) is 0 Å². The van der Waals surface area contributed by atoms with Gasteiger partial charge < -0.3 is 11.5 Å². The Balaban J connectivity index is 2.37. The highest BCUT2D eigenvalue weighted by Gasteiger charge is 1.92. The van der Waals surface area contributed by atoms with Gasteiger partial charge in [0.25, 0.3) is 0 Å². The first kappa shape index (κ1) is 9.42. The van der Waals surface area contributed by atoms with Crippen LogP contribution in [0, 0.1) is 0 Å². The van der Waals surface area contributed by atoms with Crippen LogP contribution in [-0.4, -0.2) is 12.3 Å². The SMILES string of the molecule is NCCCSc1ccc(N)cc1. The lowest BCUT2D eigenvalue weighted by Crippen LogP contribution is -1.99. The summed E-state index contributed by atoms with van der Waals surface area (Å²) in [6.07, 6.45) is 1.06. The van der Waals surface area contributed by atoms with Crippen LogP contribution in [0.1, 0.15) is 6.42 Å². The van der Waals surface area contributed by atoms with Gasteiger partial charge in [0, 0.05) is 10.6 Å². The molecule has 66 valence electrons. The molecule has 0 spiro atoms. The molecular formula is C9H14N2S. The highest BCUT2D eigenvalue weighted by atomic mass is 32.2. The van der Waals surface area contributed by atoms with Crippen molar-refractivity contribution < 1.29 is 0 Å². The van der Waals surface area contributed by atoms with Gasteiger partial charge in [-0.1, -0.05) is 0 Å². The molecular weight excluding hydrogens is 168 g/mol. The van der Waals surface area contributed by atoms with Crippen molar-refractivity contribution in [3.8, 4) is 0 Å². The molecule has 12 heavy (non-hydrogen) atoms. The number of rotatable bonds is 4. The second-order valence-corrected chi connectivity index (χ2v) is 3.73. The fourth-order valence-electron chi connectivity index (χ4n) is 0.837. The Kier molecular flexibility index (Phi) is 3.97. The van der Waals surface area contributed by atoms with E-state index in [4.69, 9.17) is 11.5 Å². The summed E-state index contributed by atoms with van der Waals surface area (Å²) >= 11 is 1.82. The van der Waals surface area contributed by atoms with E-state index in [1.54, 1.807) is 0 Å². The molecule has 0 heterocycles. The van der Waals surface area contributed by atoms with Gasteiger partial charge in [0.1, 0.15) is 0 Å². The molecule has 0 amide bonds. The summed E-state index contributed by atoms with van der Waals surface area (Å²) in [6.45, 7) is 0.766. The third-order valence-corrected chi connectivity index (χ3v) is 2.60. The Morgan fingerprint density at radius 1 is 1.17 bits per heavy atom. The molecule has 1 rings (SSSR count). The van der Waals surface area contributed by atoms with E-state index in [0.717, 1.165) is 24.4 Å². The van der Waals surface area contributed by atoms with E-state index in [1.165, 1.54) is 4.90 Å². The van der Waals surface area contributed by atoms with Gasteiger partial charge in [-0.3, -0.25) is 0 Å². The summed E-state index contributed by atoms with van der Waals surface area (Å²) in [6, 6.07) is 7.92. The largest absolute Gasteiger partial charge is 0.399 e. The predicted molar refractivity (Wildman–Crippen MR) is 55.2 cm³/mol. The van der Waals surface area contributed by atoms with Gasteiger partial charge >= 0.3 is 0 Å². The van der Waals surface area contributed by atoms with Crippen LogP contribution in [0.5, 0.6) is 0 Å². The van der Waals surface area contributed by atoms with Gasteiger partial charge in [0.05, 0.1) is 0 Å². The minimum atomic E-state index is 0.766. The zero-order chi connectivity index (χ0) is 8.81. The fourth-order valence-corrected chi connectivity index (χ4v) is 1.71. The van der Waals surface area contributed by atoms with E-state index in [2.05, 4.69) is 0 Å². The van der Waals surface area contributed by atoms with Crippen molar-refractivity contribution in [2.45, 2.75) is 11.3 Å². The monoisotopic (exact) mass is 182 g/mol. The molecule has 0 aliphatic rings. The van der Waals surface area contributed by atoms with E-state index in [1.807, 2.05) is 36.0 Å². The van der Waals surface area contributed by atoms with Crippen molar-refractivity contribution in [2.24, 2.45) is 5.73 Å². The Morgan fingerprint density at radius 3 is 2.42 bits per heavy atom. The molecule has 0 unspecified atom stereocenters. The zero-order valence-electron chi connectivity index (χ0n) is 6.99. The number of anilines is 1. The van der Waals surface area contributed by atoms with Crippen molar-refractivity contribution in [3.63, 3.8) is 0 Å². The van der Waals surface area contributed by atoms with Gasteiger partial charge in [-0.25, -0.2) is 0 Å². The summed E-state index contributed by atoms with van der Waals surface area (Å²) < 4.78 is 0. The first-order valence-electron chi connectivity index (χ1n) is 4.01. The van der Waals surface area contributed by atoms with Gasteiger partial charge in [-0.2, -0.15) is 0 Å². The molecule has 0 atom stereocenters. The van der Waals surface area contributed by atoms with E-state index in [9.17, 15) is 0 Å². The summed E-state index contributed by atoms with van der Waals surface area (Å²) in [5, 5.41) is 0. The van der Waals surface area contributed by atoms with Crippen LogP contribution >= 0.6 is 11.8 Å². The molecule has 0 radical (unpaired) electrons. The molecule has 0 saturated carbocycles. The standard InChI is InChI=1S/C9H14N2S/c10-6-1-7-12-9-4-2-8(11)3-5-9/h2-5H,1,6-7,10-11H2. The minimum Gasteiger partial charge on any atom is -0.399 e.